The Morgan fingerprint density at radius 2 is 2.24 bits per heavy atom. The third kappa shape index (κ3) is 2.56. The van der Waals surface area contributed by atoms with E-state index in [0.29, 0.717) is 29.2 Å². The van der Waals surface area contributed by atoms with E-state index in [1.165, 1.54) is 6.42 Å². The molecule has 1 aliphatic rings. The van der Waals surface area contributed by atoms with Crippen molar-refractivity contribution in [2.24, 2.45) is 0 Å². The Bertz CT molecular complexity index is 699. The first-order chi connectivity index (χ1) is 10.2. The van der Waals surface area contributed by atoms with E-state index in [1.807, 2.05) is 0 Å². The van der Waals surface area contributed by atoms with Crippen molar-refractivity contribution in [1.29, 1.82) is 5.26 Å². The van der Waals surface area contributed by atoms with Crippen LogP contribution in [0.3, 0.4) is 0 Å². The van der Waals surface area contributed by atoms with Crippen LogP contribution in [0, 0.1) is 11.3 Å². The number of aromatic nitrogens is 4. The van der Waals surface area contributed by atoms with E-state index in [1.54, 1.807) is 24.1 Å². The molecule has 0 aromatic carbocycles. The first-order valence-electron chi connectivity index (χ1n) is 6.68. The second kappa shape index (κ2) is 5.69. The maximum Gasteiger partial charge on any atom is 0.229 e. The maximum atomic E-state index is 9.37. The van der Waals surface area contributed by atoms with E-state index in [9.17, 15) is 5.26 Å². The van der Waals surface area contributed by atoms with E-state index in [0.717, 1.165) is 17.3 Å². The number of hydrogen-bond donors (Lipinski definition) is 2. The molecule has 7 nitrogen and oxygen atoms in total. The Morgan fingerprint density at radius 3 is 2.86 bits per heavy atom. The van der Waals surface area contributed by atoms with Gasteiger partial charge >= 0.3 is 0 Å². The smallest absolute Gasteiger partial charge is 0.229 e. The molecule has 2 aromatic heterocycles. The largest absolute Gasteiger partial charge is 0.372 e. The van der Waals surface area contributed by atoms with Crippen LogP contribution in [0.1, 0.15) is 31.0 Å². The van der Waals surface area contributed by atoms with Crippen LogP contribution in [0.15, 0.2) is 16.9 Å². The molecule has 1 fully saturated rings. The standard InChI is InChI=1S/C13H14BrN7/c1-16-12-9(14)6-17-13(20-12)19-10-7-18-21(11(10)5-15)8-3-2-4-8/h6-8H,2-4H2,1H3,(H2,16,17,19,20). The lowest BCUT2D eigenvalue weighted by molar-refractivity contribution is 0.287. The number of nitrogens with one attached hydrogen (secondary N) is 2. The van der Waals surface area contributed by atoms with Crippen molar-refractivity contribution in [3.63, 3.8) is 0 Å². The minimum Gasteiger partial charge on any atom is -0.372 e. The molecular formula is C13H14BrN7. The number of rotatable bonds is 4. The Hall–Kier alpha value is -2.14. The summed E-state index contributed by atoms with van der Waals surface area (Å²) in [5.74, 6) is 1.10. The van der Waals surface area contributed by atoms with E-state index >= 15 is 0 Å². The first kappa shape index (κ1) is 13.8. The van der Waals surface area contributed by atoms with Gasteiger partial charge in [0.25, 0.3) is 0 Å². The van der Waals surface area contributed by atoms with Crippen molar-refractivity contribution in [2.45, 2.75) is 25.3 Å². The van der Waals surface area contributed by atoms with Gasteiger partial charge in [0.15, 0.2) is 5.69 Å². The molecule has 0 atom stereocenters. The molecule has 0 radical (unpaired) electrons. The zero-order valence-electron chi connectivity index (χ0n) is 11.5. The molecule has 0 amide bonds. The van der Waals surface area contributed by atoms with E-state index in [2.05, 4.69) is 47.7 Å². The molecule has 0 spiro atoms. The minimum absolute atomic E-state index is 0.342. The number of hydrogen-bond acceptors (Lipinski definition) is 6. The fourth-order valence-electron chi connectivity index (χ4n) is 2.20. The average molecular weight is 348 g/mol. The summed E-state index contributed by atoms with van der Waals surface area (Å²) < 4.78 is 2.57. The van der Waals surface area contributed by atoms with Crippen LogP contribution in [0.2, 0.25) is 0 Å². The van der Waals surface area contributed by atoms with Gasteiger partial charge in [0.1, 0.15) is 11.9 Å². The molecule has 8 heteroatoms. The summed E-state index contributed by atoms with van der Waals surface area (Å²) in [5.41, 5.74) is 1.16. The van der Waals surface area contributed by atoms with Crippen molar-refractivity contribution < 1.29 is 0 Å². The molecule has 2 aromatic rings. The Kier molecular flexibility index (Phi) is 3.75. The summed E-state index contributed by atoms with van der Waals surface area (Å²) in [6.45, 7) is 0. The van der Waals surface area contributed by atoms with Crippen molar-refractivity contribution in [3.05, 3.63) is 22.6 Å². The zero-order valence-corrected chi connectivity index (χ0v) is 13.1. The predicted molar refractivity (Wildman–Crippen MR) is 82.4 cm³/mol. The Labute approximate surface area is 130 Å². The van der Waals surface area contributed by atoms with Crippen LogP contribution in [0.25, 0.3) is 0 Å². The third-order valence-electron chi connectivity index (χ3n) is 3.55. The van der Waals surface area contributed by atoms with Gasteiger partial charge in [0.05, 0.1) is 22.4 Å². The summed E-state index contributed by atoms with van der Waals surface area (Å²) in [5, 5.41) is 19.7. The summed E-state index contributed by atoms with van der Waals surface area (Å²) in [6, 6.07) is 2.55. The lowest BCUT2D eigenvalue weighted by Crippen LogP contribution is -2.19. The molecule has 3 rings (SSSR count). The van der Waals surface area contributed by atoms with Crippen molar-refractivity contribution >= 4 is 33.4 Å². The maximum absolute atomic E-state index is 9.37. The highest BCUT2D eigenvalue weighted by atomic mass is 79.9. The van der Waals surface area contributed by atoms with Crippen LogP contribution in [-0.2, 0) is 0 Å². The molecule has 0 unspecified atom stereocenters. The first-order valence-corrected chi connectivity index (χ1v) is 7.47. The van der Waals surface area contributed by atoms with Gasteiger partial charge in [0, 0.05) is 13.2 Å². The van der Waals surface area contributed by atoms with Gasteiger partial charge in [-0.3, -0.25) is 0 Å². The summed E-state index contributed by atoms with van der Waals surface area (Å²) in [4.78, 5) is 8.51. The summed E-state index contributed by atoms with van der Waals surface area (Å²) >= 11 is 3.36. The van der Waals surface area contributed by atoms with Gasteiger partial charge in [0.2, 0.25) is 5.95 Å². The predicted octanol–water partition coefficient (Wildman–Crippen LogP) is 2.82. The zero-order chi connectivity index (χ0) is 14.8. The van der Waals surface area contributed by atoms with Crippen molar-refractivity contribution in [3.8, 4) is 6.07 Å². The molecule has 0 saturated heterocycles. The Balaban J connectivity index is 1.88. The highest BCUT2D eigenvalue weighted by Crippen LogP contribution is 2.34. The molecule has 0 aliphatic heterocycles. The van der Waals surface area contributed by atoms with Crippen molar-refractivity contribution in [2.75, 3.05) is 17.7 Å². The molecule has 21 heavy (non-hydrogen) atoms. The van der Waals surface area contributed by atoms with Crippen LogP contribution < -0.4 is 10.6 Å². The lowest BCUT2D eigenvalue weighted by Gasteiger charge is -2.26. The number of nitrogens with zero attached hydrogens (tertiary/aromatic N) is 5. The lowest BCUT2D eigenvalue weighted by atomic mass is 9.93. The number of halogens is 1. The second-order valence-corrected chi connectivity index (χ2v) is 5.67. The van der Waals surface area contributed by atoms with Gasteiger partial charge in [-0.25, -0.2) is 9.67 Å². The molecule has 2 heterocycles. The average Bonchev–Trinajstić information content (AvgIpc) is 2.81. The van der Waals surface area contributed by atoms with Gasteiger partial charge in [-0.05, 0) is 35.2 Å². The number of nitriles is 1. The van der Waals surface area contributed by atoms with Gasteiger partial charge in [-0.1, -0.05) is 0 Å². The van der Waals surface area contributed by atoms with Crippen LogP contribution in [-0.4, -0.2) is 26.8 Å². The molecule has 2 N–H and O–H groups in total. The van der Waals surface area contributed by atoms with Crippen molar-refractivity contribution in [1.82, 2.24) is 19.7 Å². The molecule has 1 saturated carbocycles. The quantitative estimate of drug-likeness (QED) is 0.883. The molecular weight excluding hydrogens is 334 g/mol. The fraction of sp³-hybridized carbons (Fsp3) is 0.385. The summed E-state index contributed by atoms with van der Waals surface area (Å²) in [6.07, 6.45) is 6.66. The monoisotopic (exact) mass is 347 g/mol. The second-order valence-electron chi connectivity index (χ2n) is 4.81. The number of anilines is 3. The third-order valence-corrected chi connectivity index (χ3v) is 4.13. The normalized spacial score (nSPS) is 14.3. The van der Waals surface area contributed by atoms with Crippen LogP contribution >= 0.6 is 15.9 Å². The SMILES string of the molecule is CNc1nc(Nc2cnn(C3CCC3)c2C#N)ncc1Br. The van der Waals surface area contributed by atoms with Gasteiger partial charge in [-0.2, -0.15) is 15.3 Å². The van der Waals surface area contributed by atoms with Gasteiger partial charge in [-0.15, -0.1) is 0 Å². The van der Waals surface area contributed by atoms with Crippen LogP contribution in [0.4, 0.5) is 17.5 Å². The molecule has 108 valence electrons. The van der Waals surface area contributed by atoms with E-state index in [4.69, 9.17) is 0 Å². The topological polar surface area (TPSA) is 91.5 Å². The van der Waals surface area contributed by atoms with E-state index in [-0.39, 0.29) is 0 Å². The molecule has 1 aliphatic carbocycles. The fourth-order valence-corrected chi connectivity index (χ4v) is 2.59. The molecule has 0 bridgehead atoms. The van der Waals surface area contributed by atoms with Gasteiger partial charge < -0.3 is 10.6 Å². The van der Waals surface area contributed by atoms with Crippen LogP contribution in [0.5, 0.6) is 0 Å². The minimum atomic E-state index is 0.342. The highest BCUT2D eigenvalue weighted by Gasteiger charge is 2.24. The summed E-state index contributed by atoms with van der Waals surface area (Å²) in [7, 11) is 1.78. The van der Waals surface area contributed by atoms with E-state index < -0.39 is 0 Å². The highest BCUT2D eigenvalue weighted by molar-refractivity contribution is 9.10. The Morgan fingerprint density at radius 1 is 1.43 bits per heavy atom.